The van der Waals surface area contributed by atoms with Crippen LogP contribution in [0.15, 0.2) is 46.2 Å². The van der Waals surface area contributed by atoms with Crippen LogP contribution in [0, 0.1) is 0 Å². The number of rotatable bonds is 2. The summed E-state index contributed by atoms with van der Waals surface area (Å²) in [7, 11) is 0. The van der Waals surface area contributed by atoms with Gasteiger partial charge in [-0.15, -0.1) is 0 Å². The molecule has 0 saturated heterocycles. The average molecular weight is 266 g/mol. The fourth-order valence-corrected chi connectivity index (χ4v) is 1.60. The summed E-state index contributed by atoms with van der Waals surface area (Å²) < 4.78 is 2.32. The molecule has 0 radical (unpaired) electrons. The summed E-state index contributed by atoms with van der Waals surface area (Å²) in [5.74, 6) is 0. The highest BCUT2D eigenvalue weighted by Gasteiger charge is 1.98. The molecule has 0 aliphatic rings. The van der Waals surface area contributed by atoms with Gasteiger partial charge in [0, 0.05) is 12.4 Å². The molecule has 2 rings (SSSR count). The second kappa shape index (κ2) is 4.35. The van der Waals surface area contributed by atoms with Gasteiger partial charge in [0.15, 0.2) is 0 Å². The second-order valence-corrected chi connectivity index (χ2v) is 3.81. The minimum atomic E-state index is -0.126. The normalized spacial score (nSPS) is 10.2. The Hall–Kier alpha value is -1.49. The molecule has 15 heavy (non-hydrogen) atoms. The molecule has 0 atom stereocenters. The van der Waals surface area contributed by atoms with E-state index in [1.807, 2.05) is 18.2 Å². The van der Waals surface area contributed by atoms with Gasteiger partial charge in [-0.25, -0.2) is 4.98 Å². The van der Waals surface area contributed by atoms with Crippen molar-refractivity contribution in [3.8, 4) is 0 Å². The lowest BCUT2D eigenvalue weighted by molar-refractivity contribution is 0.728. The molecule has 0 fully saturated rings. The molecular weight excluding hydrogens is 258 g/mol. The zero-order valence-electron chi connectivity index (χ0n) is 7.80. The molecule has 0 amide bonds. The van der Waals surface area contributed by atoms with E-state index >= 15 is 0 Å². The number of halogens is 1. The van der Waals surface area contributed by atoms with Gasteiger partial charge in [0.1, 0.15) is 4.60 Å². The SMILES string of the molecule is O=c1cnccn1Cc1cccc(Br)n1. The van der Waals surface area contributed by atoms with Gasteiger partial charge < -0.3 is 4.57 Å². The lowest BCUT2D eigenvalue weighted by Crippen LogP contribution is -2.19. The maximum absolute atomic E-state index is 11.4. The average Bonchev–Trinajstić information content (AvgIpc) is 2.22. The summed E-state index contributed by atoms with van der Waals surface area (Å²) in [6.45, 7) is 0.459. The second-order valence-electron chi connectivity index (χ2n) is 2.99. The van der Waals surface area contributed by atoms with Gasteiger partial charge in [-0.3, -0.25) is 9.78 Å². The Morgan fingerprint density at radius 3 is 3.00 bits per heavy atom. The van der Waals surface area contributed by atoms with Gasteiger partial charge in [0.05, 0.1) is 18.4 Å². The highest BCUT2D eigenvalue weighted by atomic mass is 79.9. The Morgan fingerprint density at radius 2 is 2.27 bits per heavy atom. The third-order valence-corrected chi connectivity index (χ3v) is 2.35. The molecule has 0 N–H and O–H groups in total. The first-order valence-electron chi connectivity index (χ1n) is 4.37. The van der Waals surface area contributed by atoms with Crippen molar-refractivity contribution in [2.75, 3.05) is 0 Å². The van der Waals surface area contributed by atoms with Gasteiger partial charge in [-0.2, -0.15) is 0 Å². The summed E-state index contributed by atoms with van der Waals surface area (Å²) in [5, 5.41) is 0. The highest BCUT2D eigenvalue weighted by Crippen LogP contribution is 2.06. The quantitative estimate of drug-likeness (QED) is 0.773. The first-order chi connectivity index (χ1) is 7.25. The number of hydrogen-bond donors (Lipinski definition) is 0. The predicted molar refractivity (Wildman–Crippen MR) is 59.5 cm³/mol. The van der Waals surface area contributed by atoms with Gasteiger partial charge in [0.2, 0.25) is 0 Å². The standard InChI is InChI=1S/C10H8BrN3O/c11-9-3-1-2-8(13-9)7-14-5-4-12-6-10(14)15/h1-6H,7H2. The van der Waals surface area contributed by atoms with Crippen LogP contribution in [-0.4, -0.2) is 14.5 Å². The van der Waals surface area contributed by atoms with Gasteiger partial charge in [0.25, 0.3) is 5.56 Å². The first kappa shape index (κ1) is 10.0. The molecule has 0 aliphatic heterocycles. The first-order valence-corrected chi connectivity index (χ1v) is 5.17. The van der Waals surface area contributed by atoms with Crippen LogP contribution in [0.2, 0.25) is 0 Å². The number of hydrogen-bond acceptors (Lipinski definition) is 3. The summed E-state index contributed by atoms with van der Waals surface area (Å²) in [5.41, 5.74) is 0.706. The number of nitrogens with zero attached hydrogens (tertiary/aromatic N) is 3. The minimum absolute atomic E-state index is 0.126. The summed E-state index contributed by atoms with van der Waals surface area (Å²) >= 11 is 3.28. The van der Waals surface area contributed by atoms with E-state index in [1.54, 1.807) is 17.0 Å². The Bertz CT molecular complexity index is 524. The van der Waals surface area contributed by atoms with Crippen molar-refractivity contribution in [1.29, 1.82) is 0 Å². The van der Waals surface area contributed by atoms with E-state index in [1.165, 1.54) is 6.20 Å². The van der Waals surface area contributed by atoms with E-state index in [4.69, 9.17) is 0 Å². The molecule has 2 aromatic heterocycles. The molecule has 2 aromatic rings. The summed E-state index contributed by atoms with van der Waals surface area (Å²) in [4.78, 5) is 19.4. The van der Waals surface area contributed by atoms with Crippen LogP contribution in [0.1, 0.15) is 5.69 Å². The smallest absolute Gasteiger partial charge is 0.269 e. The fourth-order valence-electron chi connectivity index (χ4n) is 1.22. The summed E-state index contributed by atoms with van der Waals surface area (Å²) in [6.07, 6.45) is 4.52. The van der Waals surface area contributed by atoms with Crippen molar-refractivity contribution in [1.82, 2.24) is 14.5 Å². The predicted octanol–water partition coefficient (Wildman–Crippen LogP) is 1.45. The Kier molecular flexibility index (Phi) is 2.91. The molecule has 0 spiro atoms. The molecule has 0 aliphatic carbocycles. The van der Waals surface area contributed by atoms with E-state index in [9.17, 15) is 4.79 Å². The third kappa shape index (κ3) is 2.50. The van der Waals surface area contributed by atoms with E-state index in [0.29, 0.717) is 6.54 Å². The van der Waals surface area contributed by atoms with Gasteiger partial charge >= 0.3 is 0 Å². The fraction of sp³-hybridized carbons (Fsp3) is 0.100. The zero-order chi connectivity index (χ0) is 10.7. The molecule has 76 valence electrons. The van der Waals surface area contributed by atoms with Crippen molar-refractivity contribution in [2.24, 2.45) is 0 Å². The van der Waals surface area contributed by atoms with Crippen LogP contribution in [0.25, 0.3) is 0 Å². The van der Waals surface area contributed by atoms with Crippen LogP contribution in [0.5, 0.6) is 0 Å². The lowest BCUT2D eigenvalue weighted by atomic mass is 10.3. The summed E-state index contributed by atoms with van der Waals surface area (Å²) in [6, 6.07) is 5.61. The molecule has 5 heteroatoms. The molecule has 4 nitrogen and oxygen atoms in total. The van der Waals surface area contributed by atoms with Crippen molar-refractivity contribution >= 4 is 15.9 Å². The molecule has 0 aromatic carbocycles. The topological polar surface area (TPSA) is 47.8 Å². The monoisotopic (exact) mass is 265 g/mol. The maximum Gasteiger partial charge on any atom is 0.269 e. The van der Waals surface area contributed by atoms with Crippen LogP contribution >= 0.6 is 15.9 Å². The van der Waals surface area contributed by atoms with Crippen molar-refractivity contribution in [2.45, 2.75) is 6.54 Å². The maximum atomic E-state index is 11.4. The largest absolute Gasteiger partial charge is 0.307 e. The molecule has 2 heterocycles. The molecule has 0 saturated carbocycles. The minimum Gasteiger partial charge on any atom is -0.307 e. The Morgan fingerprint density at radius 1 is 1.40 bits per heavy atom. The van der Waals surface area contributed by atoms with E-state index in [-0.39, 0.29) is 5.56 Å². The number of pyridine rings is 1. The zero-order valence-corrected chi connectivity index (χ0v) is 9.39. The van der Waals surface area contributed by atoms with Crippen LogP contribution in [-0.2, 0) is 6.54 Å². The van der Waals surface area contributed by atoms with Crippen LogP contribution in [0.3, 0.4) is 0 Å². The van der Waals surface area contributed by atoms with Crippen molar-refractivity contribution < 1.29 is 0 Å². The van der Waals surface area contributed by atoms with E-state index in [2.05, 4.69) is 25.9 Å². The van der Waals surface area contributed by atoms with Crippen molar-refractivity contribution in [3.05, 3.63) is 57.4 Å². The van der Waals surface area contributed by atoms with Crippen molar-refractivity contribution in [3.63, 3.8) is 0 Å². The Balaban J connectivity index is 2.30. The van der Waals surface area contributed by atoms with E-state index < -0.39 is 0 Å². The van der Waals surface area contributed by atoms with Gasteiger partial charge in [-0.05, 0) is 28.1 Å². The Labute approximate surface area is 94.8 Å². The highest BCUT2D eigenvalue weighted by molar-refractivity contribution is 9.10. The third-order valence-electron chi connectivity index (χ3n) is 1.91. The number of aromatic nitrogens is 3. The van der Waals surface area contributed by atoms with Crippen LogP contribution < -0.4 is 5.56 Å². The molecular formula is C10H8BrN3O. The molecule has 0 unspecified atom stereocenters. The van der Waals surface area contributed by atoms with Crippen LogP contribution in [0.4, 0.5) is 0 Å². The molecule has 0 bridgehead atoms. The van der Waals surface area contributed by atoms with E-state index in [0.717, 1.165) is 10.3 Å². The van der Waals surface area contributed by atoms with Gasteiger partial charge in [-0.1, -0.05) is 6.07 Å². The lowest BCUT2D eigenvalue weighted by Gasteiger charge is -2.03.